The summed E-state index contributed by atoms with van der Waals surface area (Å²) in [4.78, 5) is 19.2. The molecule has 1 aliphatic rings. The average molecular weight is 365 g/mol. The van der Waals surface area contributed by atoms with Gasteiger partial charge in [-0.3, -0.25) is 9.89 Å². The van der Waals surface area contributed by atoms with Crippen molar-refractivity contribution in [3.63, 3.8) is 0 Å². The zero-order valence-corrected chi connectivity index (χ0v) is 15.6. The SMILES string of the molecule is CC(C)c1nc(-c2ccc(C(=O)N3CCC[C@@H](c4ccn[nH]4)C3)cc2)no1. The molecule has 1 amide bonds. The molecule has 4 rings (SSSR count). The highest BCUT2D eigenvalue weighted by Gasteiger charge is 2.26. The molecule has 0 saturated carbocycles. The molecule has 1 aromatic carbocycles. The number of piperidine rings is 1. The summed E-state index contributed by atoms with van der Waals surface area (Å²) in [5, 5.41) is 11.1. The zero-order chi connectivity index (χ0) is 18.8. The Labute approximate surface area is 157 Å². The van der Waals surface area contributed by atoms with E-state index in [1.54, 1.807) is 6.20 Å². The molecule has 27 heavy (non-hydrogen) atoms. The maximum atomic E-state index is 12.9. The minimum Gasteiger partial charge on any atom is -0.339 e. The fourth-order valence-corrected chi connectivity index (χ4v) is 3.44. The normalized spacial score (nSPS) is 17.4. The second-order valence-corrected chi connectivity index (χ2v) is 7.29. The number of carbonyl (C=O) groups is 1. The highest BCUT2D eigenvalue weighted by Crippen LogP contribution is 2.27. The number of rotatable bonds is 4. The van der Waals surface area contributed by atoms with E-state index < -0.39 is 0 Å². The molecule has 1 fully saturated rings. The Hall–Kier alpha value is -2.96. The largest absolute Gasteiger partial charge is 0.339 e. The van der Waals surface area contributed by atoms with Crippen LogP contribution in [0, 0.1) is 0 Å². The van der Waals surface area contributed by atoms with Gasteiger partial charge in [-0.15, -0.1) is 0 Å². The lowest BCUT2D eigenvalue weighted by molar-refractivity contribution is 0.0706. The fourth-order valence-electron chi connectivity index (χ4n) is 3.44. The second kappa shape index (κ2) is 7.34. The summed E-state index contributed by atoms with van der Waals surface area (Å²) < 4.78 is 5.26. The third-order valence-corrected chi connectivity index (χ3v) is 5.00. The van der Waals surface area contributed by atoms with E-state index in [9.17, 15) is 4.79 Å². The highest BCUT2D eigenvalue weighted by atomic mass is 16.5. The summed E-state index contributed by atoms with van der Waals surface area (Å²) in [5.41, 5.74) is 2.62. The van der Waals surface area contributed by atoms with Crippen LogP contribution in [0.1, 0.15) is 60.5 Å². The Kier molecular flexibility index (Phi) is 4.75. The summed E-state index contributed by atoms with van der Waals surface area (Å²) in [7, 11) is 0. The molecule has 1 N–H and O–H groups in total. The number of hydrogen-bond donors (Lipinski definition) is 1. The van der Waals surface area contributed by atoms with Gasteiger partial charge in [0.05, 0.1) is 0 Å². The number of aromatic nitrogens is 4. The first-order valence-corrected chi connectivity index (χ1v) is 9.34. The molecule has 0 bridgehead atoms. The van der Waals surface area contributed by atoms with Crippen LogP contribution in [0.15, 0.2) is 41.1 Å². The van der Waals surface area contributed by atoms with Gasteiger partial charge in [0.25, 0.3) is 5.91 Å². The van der Waals surface area contributed by atoms with Gasteiger partial charge in [-0.05, 0) is 31.0 Å². The number of amides is 1. The van der Waals surface area contributed by atoms with Crippen LogP contribution in [0.4, 0.5) is 0 Å². The fraction of sp³-hybridized carbons (Fsp3) is 0.400. The Morgan fingerprint density at radius 2 is 2.07 bits per heavy atom. The molecular formula is C20H23N5O2. The molecule has 2 aromatic heterocycles. The number of H-pyrrole nitrogens is 1. The molecule has 140 valence electrons. The van der Waals surface area contributed by atoms with Crippen molar-refractivity contribution in [1.29, 1.82) is 0 Å². The number of nitrogens with one attached hydrogen (secondary N) is 1. The lowest BCUT2D eigenvalue weighted by Crippen LogP contribution is -2.39. The third-order valence-electron chi connectivity index (χ3n) is 5.00. The van der Waals surface area contributed by atoms with Crippen molar-refractivity contribution in [3.8, 4) is 11.4 Å². The first-order chi connectivity index (χ1) is 13.1. The van der Waals surface area contributed by atoms with E-state index in [0.29, 0.717) is 29.7 Å². The van der Waals surface area contributed by atoms with Gasteiger partial charge >= 0.3 is 0 Å². The van der Waals surface area contributed by atoms with Gasteiger partial charge in [-0.25, -0.2) is 0 Å². The van der Waals surface area contributed by atoms with E-state index in [4.69, 9.17) is 4.52 Å². The minimum absolute atomic E-state index is 0.0572. The number of benzene rings is 1. The Morgan fingerprint density at radius 1 is 1.26 bits per heavy atom. The first kappa shape index (κ1) is 17.5. The number of carbonyl (C=O) groups excluding carboxylic acids is 1. The van der Waals surface area contributed by atoms with Crippen molar-refractivity contribution in [3.05, 3.63) is 53.7 Å². The lowest BCUT2D eigenvalue weighted by atomic mass is 9.94. The van der Waals surface area contributed by atoms with E-state index in [0.717, 1.165) is 30.6 Å². The van der Waals surface area contributed by atoms with Gasteiger partial charge in [0.1, 0.15) is 0 Å². The number of likely N-dealkylation sites (tertiary alicyclic amines) is 1. The van der Waals surface area contributed by atoms with Crippen molar-refractivity contribution in [2.75, 3.05) is 13.1 Å². The van der Waals surface area contributed by atoms with Crippen LogP contribution in [-0.4, -0.2) is 44.2 Å². The second-order valence-electron chi connectivity index (χ2n) is 7.29. The molecule has 1 saturated heterocycles. The van der Waals surface area contributed by atoms with Crippen molar-refractivity contribution < 1.29 is 9.32 Å². The molecule has 0 radical (unpaired) electrons. The van der Waals surface area contributed by atoms with Crippen molar-refractivity contribution in [2.45, 2.75) is 38.5 Å². The van der Waals surface area contributed by atoms with E-state index in [1.165, 1.54) is 0 Å². The molecule has 7 nitrogen and oxygen atoms in total. The van der Waals surface area contributed by atoms with Crippen LogP contribution >= 0.6 is 0 Å². The maximum Gasteiger partial charge on any atom is 0.253 e. The van der Waals surface area contributed by atoms with Crippen molar-refractivity contribution in [1.82, 2.24) is 25.2 Å². The summed E-state index contributed by atoms with van der Waals surface area (Å²) in [6, 6.07) is 9.41. The Balaban J connectivity index is 1.47. The molecule has 0 unspecified atom stereocenters. The molecule has 3 aromatic rings. The average Bonchev–Trinajstić information content (AvgIpc) is 3.40. The Morgan fingerprint density at radius 3 is 2.74 bits per heavy atom. The summed E-state index contributed by atoms with van der Waals surface area (Å²) >= 11 is 0. The molecule has 0 spiro atoms. The van der Waals surface area contributed by atoms with E-state index >= 15 is 0 Å². The molecule has 3 heterocycles. The first-order valence-electron chi connectivity index (χ1n) is 9.34. The van der Waals surface area contributed by atoms with Gasteiger partial charge in [-0.1, -0.05) is 31.1 Å². The predicted molar refractivity (Wildman–Crippen MR) is 100 cm³/mol. The third kappa shape index (κ3) is 3.63. The van der Waals surface area contributed by atoms with Crippen LogP contribution in [0.25, 0.3) is 11.4 Å². The number of hydrogen-bond acceptors (Lipinski definition) is 5. The van der Waals surface area contributed by atoms with Crippen LogP contribution in [0.3, 0.4) is 0 Å². The van der Waals surface area contributed by atoms with Crippen molar-refractivity contribution in [2.24, 2.45) is 0 Å². The Bertz CT molecular complexity index is 899. The van der Waals surface area contributed by atoms with E-state index in [-0.39, 0.29) is 11.8 Å². The predicted octanol–water partition coefficient (Wildman–Crippen LogP) is 3.60. The molecular weight excluding hydrogens is 342 g/mol. The topological polar surface area (TPSA) is 87.9 Å². The number of nitrogens with zero attached hydrogens (tertiary/aromatic N) is 4. The van der Waals surface area contributed by atoms with Crippen LogP contribution in [0.5, 0.6) is 0 Å². The van der Waals surface area contributed by atoms with Gasteiger partial charge in [0, 0.05) is 47.9 Å². The van der Waals surface area contributed by atoms with Crippen LogP contribution in [-0.2, 0) is 0 Å². The van der Waals surface area contributed by atoms with E-state index in [2.05, 4.69) is 20.3 Å². The van der Waals surface area contributed by atoms with Crippen LogP contribution < -0.4 is 0 Å². The lowest BCUT2D eigenvalue weighted by Gasteiger charge is -2.32. The summed E-state index contributed by atoms with van der Waals surface area (Å²) in [6.07, 6.45) is 3.83. The van der Waals surface area contributed by atoms with Crippen molar-refractivity contribution >= 4 is 5.91 Å². The standard InChI is InChI=1S/C20H23N5O2/c1-13(2)19-22-18(24-27-19)14-5-7-15(8-6-14)20(26)25-11-3-4-16(12-25)17-9-10-21-23-17/h5-10,13,16H,3-4,11-12H2,1-2H3,(H,21,23)/t16-/m1/s1. The van der Waals surface area contributed by atoms with Gasteiger partial charge in [0.2, 0.25) is 11.7 Å². The summed E-state index contributed by atoms with van der Waals surface area (Å²) in [5.74, 6) is 1.73. The monoisotopic (exact) mass is 365 g/mol. The zero-order valence-electron chi connectivity index (χ0n) is 15.6. The van der Waals surface area contributed by atoms with Gasteiger partial charge in [-0.2, -0.15) is 10.1 Å². The molecule has 1 atom stereocenters. The van der Waals surface area contributed by atoms with Crippen LogP contribution in [0.2, 0.25) is 0 Å². The van der Waals surface area contributed by atoms with E-state index in [1.807, 2.05) is 49.1 Å². The summed E-state index contributed by atoms with van der Waals surface area (Å²) in [6.45, 7) is 5.52. The molecule has 1 aliphatic heterocycles. The maximum absolute atomic E-state index is 12.9. The highest BCUT2D eigenvalue weighted by molar-refractivity contribution is 5.94. The minimum atomic E-state index is 0.0572. The van der Waals surface area contributed by atoms with Gasteiger partial charge in [0.15, 0.2) is 0 Å². The number of aromatic amines is 1. The van der Waals surface area contributed by atoms with Gasteiger partial charge < -0.3 is 9.42 Å². The molecule has 7 heteroatoms. The smallest absolute Gasteiger partial charge is 0.253 e. The molecule has 0 aliphatic carbocycles. The quantitative estimate of drug-likeness (QED) is 0.763.